The van der Waals surface area contributed by atoms with Gasteiger partial charge in [0.2, 0.25) is 5.91 Å². The number of hydrogen-bond acceptors (Lipinski definition) is 5. The maximum Gasteiger partial charge on any atom is 0.319 e. The molecule has 0 saturated carbocycles. The summed E-state index contributed by atoms with van der Waals surface area (Å²) in [6.07, 6.45) is 3.70. The highest BCUT2D eigenvalue weighted by Gasteiger charge is 2.18. The van der Waals surface area contributed by atoms with Crippen LogP contribution < -0.4 is 15.5 Å². The number of rotatable bonds is 4. The maximum absolute atomic E-state index is 11.9. The van der Waals surface area contributed by atoms with Crippen molar-refractivity contribution < 1.29 is 14.3 Å². The molecule has 3 rings (SSSR count). The summed E-state index contributed by atoms with van der Waals surface area (Å²) in [6, 6.07) is 3.28. The number of aromatic nitrogens is 1. The van der Waals surface area contributed by atoms with Crippen molar-refractivity contribution in [1.29, 1.82) is 0 Å². The van der Waals surface area contributed by atoms with E-state index in [1.165, 1.54) is 0 Å². The van der Waals surface area contributed by atoms with Crippen LogP contribution in [-0.4, -0.2) is 67.8 Å². The van der Waals surface area contributed by atoms with E-state index < -0.39 is 6.03 Å². The summed E-state index contributed by atoms with van der Waals surface area (Å²) in [5.74, 6) is 0.830. The minimum atomic E-state index is -0.400. The average Bonchev–Trinajstić information content (AvgIpc) is 3.16. The van der Waals surface area contributed by atoms with Crippen LogP contribution in [0.1, 0.15) is 12.8 Å². The van der Waals surface area contributed by atoms with Gasteiger partial charge in [0.25, 0.3) is 0 Å². The Hall–Kier alpha value is -2.35. The van der Waals surface area contributed by atoms with E-state index in [1.807, 2.05) is 6.07 Å². The molecular formula is C16H23N5O3. The normalized spacial score (nSPS) is 17.7. The standard InChI is InChI=1S/C16H23N5O3/c22-15(21-5-1-2-6-21)12-18-16(23)19-13-3-4-14(17-11-13)20-7-9-24-10-8-20/h3-4,11H,1-2,5-10,12H2,(H2,18,19,23). The molecule has 0 unspecified atom stereocenters. The van der Waals surface area contributed by atoms with E-state index in [0.717, 1.165) is 44.8 Å². The highest BCUT2D eigenvalue weighted by atomic mass is 16.5. The van der Waals surface area contributed by atoms with E-state index in [1.54, 1.807) is 17.2 Å². The van der Waals surface area contributed by atoms with E-state index in [-0.39, 0.29) is 12.5 Å². The van der Waals surface area contributed by atoms with Crippen LogP contribution in [0.2, 0.25) is 0 Å². The van der Waals surface area contributed by atoms with Gasteiger partial charge in [0, 0.05) is 26.2 Å². The van der Waals surface area contributed by atoms with Crippen molar-refractivity contribution in [2.45, 2.75) is 12.8 Å². The molecule has 0 aliphatic carbocycles. The van der Waals surface area contributed by atoms with Gasteiger partial charge in [-0.2, -0.15) is 0 Å². The Balaban J connectivity index is 1.44. The van der Waals surface area contributed by atoms with E-state index in [0.29, 0.717) is 18.9 Å². The smallest absolute Gasteiger partial charge is 0.319 e. The quantitative estimate of drug-likeness (QED) is 0.845. The second-order valence-corrected chi connectivity index (χ2v) is 5.90. The number of anilines is 2. The first-order chi connectivity index (χ1) is 11.7. The van der Waals surface area contributed by atoms with Gasteiger partial charge in [0.15, 0.2) is 0 Å². The number of likely N-dealkylation sites (tertiary alicyclic amines) is 1. The van der Waals surface area contributed by atoms with Crippen LogP contribution in [0.25, 0.3) is 0 Å². The zero-order valence-electron chi connectivity index (χ0n) is 13.7. The zero-order chi connectivity index (χ0) is 16.8. The van der Waals surface area contributed by atoms with Crippen LogP contribution >= 0.6 is 0 Å². The fourth-order valence-corrected chi connectivity index (χ4v) is 2.85. The molecule has 3 amide bonds. The molecule has 0 radical (unpaired) electrons. The lowest BCUT2D eigenvalue weighted by Gasteiger charge is -2.27. The first-order valence-electron chi connectivity index (χ1n) is 8.34. The molecule has 2 aliphatic rings. The van der Waals surface area contributed by atoms with Crippen molar-refractivity contribution in [1.82, 2.24) is 15.2 Å². The molecule has 2 saturated heterocycles. The number of pyridine rings is 1. The van der Waals surface area contributed by atoms with Gasteiger partial charge in [0.05, 0.1) is 31.6 Å². The molecule has 0 aromatic carbocycles. The van der Waals surface area contributed by atoms with Crippen molar-refractivity contribution in [2.24, 2.45) is 0 Å². The third-order valence-corrected chi connectivity index (χ3v) is 4.20. The van der Waals surface area contributed by atoms with E-state index >= 15 is 0 Å². The first kappa shape index (κ1) is 16.5. The number of carbonyl (C=O) groups is 2. The number of morpholine rings is 1. The fraction of sp³-hybridized carbons (Fsp3) is 0.562. The molecule has 0 atom stereocenters. The summed E-state index contributed by atoms with van der Waals surface area (Å²) in [5.41, 5.74) is 0.595. The molecule has 1 aromatic rings. The largest absolute Gasteiger partial charge is 0.378 e. The van der Waals surface area contributed by atoms with Crippen molar-refractivity contribution in [3.8, 4) is 0 Å². The lowest BCUT2D eigenvalue weighted by atomic mass is 10.3. The molecule has 2 aliphatic heterocycles. The van der Waals surface area contributed by atoms with E-state index in [9.17, 15) is 9.59 Å². The molecule has 8 nitrogen and oxygen atoms in total. The number of amides is 3. The molecule has 0 bridgehead atoms. The van der Waals surface area contributed by atoms with Crippen LogP contribution in [0.3, 0.4) is 0 Å². The van der Waals surface area contributed by atoms with Gasteiger partial charge in [-0.15, -0.1) is 0 Å². The average molecular weight is 333 g/mol. The van der Waals surface area contributed by atoms with Crippen molar-refractivity contribution in [2.75, 3.05) is 56.2 Å². The minimum Gasteiger partial charge on any atom is -0.378 e. The van der Waals surface area contributed by atoms with Gasteiger partial charge in [-0.25, -0.2) is 9.78 Å². The topological polar surface area (TPSA) is 86.8 Å². The highest BCUT2D eigenvalue weighted by Crippen LogP contribution is 2.15. The lowest BCUT2D eigenvalue weighted by molar-refractivity contribution is -0.128. The maximum atomic E-state index is 11.9. The number of carbonyl (C=O) groups excluding carboxylic acids is 2. The second kappa shape index (κ2) is 7.96. The van der Waals surface area contributed by atoms with Gasteiger partial charge in [-0.05, 0) is 25.0 Å². The number of nitrogens with zero attached hydrogens (tertiary/aromatic N) is 3. The Labute approximate surface area is 141 Å². The summed E-state index contributed by atoms with van der Waals surface area (Å²) >= 11 is 0. The Morgan fingerprint density at radius 2 is 1.88 bits per heavy atom. The van der Waals surface area contributed by atoms with Crippen molar-refractivity contribution in [3.05, 3.63) is 18.3 Å². The molecule has 0 spiro atoms. The summed E-state index contributed by atoms with van der Waals surface area (Å²) in [4.78, 5) is 32.0. The first-order valence-corrected chi connectivity index (χ1v) is 8.34. The van der Waals surface area contributed by atoms with Gasteiger partial charge in [-0.3, -0.25) is 4.79 Å². The Morgan fingerprint density at radius 3 is 2.54 bits per heavy atom. The number of hydrogen-bond donors (Lipinski definition) is 2. The van der Waals surface area contributed by atoms with Gasteiger partial charge >= 0.3 is 6.03 Å². The van der Waals surface area contributed by atoms with Gasteiger partial charge < -0.3 is 25.2 Å². The predicted octanol–water partition coefficient (Wildman–Crippen LogP) is 0.662. The molecule has 8 heteroatoms. The predicted molar refractivity (Wildman–Crippen MR) is 90.1 cm³/mol. The zero-order valence-corrected chi connectivity index (χ0v) is 13.7. The highest BCUT2D eigenvalue weighted by molar-refractivity contribution is 5.92. The van der Waals surface area contributed by atoms with Gasteiger partial charge in [0.1, 0.15) is 5.82 Å². The van der Waals surface area contributed by atoms with Gasteiger partial charge in [-0.1, -0.05) is 0 Å². The SMILES string of the molecule is O=C(NCC(=O)N1CCCC1)Nc1ccc(N2CCOCC2)nc1. The summed E-state index contributed by atoms with van der Waals surface area (Å²) in [6.45, 7) is 4.64. The lowest BCUT2D eigenvalue weighted by Crippen LogP contribution is -2.40. The molecule has 24 heavy (non-hydrogen) atoms. The summed E-state index contributed by atoms with van der Waals surface area (Å²) in [7, 11) is 0. The van der Waals surface area contributed by atoms with Crippen molar-refractivity contribution >= 4 is 23.4 Å². The second-order valence-electron chi connectivity index (χ2n) is 5.90. The number of ether oxygens (including phenoxy) is 1. The van der Waals surface area contributed by atoms with Crippen LogP contribution in [0.4, 0.5) is 16.3 Å². The molecule has 2 N–H and O–H groups in total. The third kappa shape index (κ3) is 4.35. The Morgan fingerprint density at radius 1 is 1.12 bits per heavy atom. The van der Waals surface area contributed by atoms with Crippen LogP contribution in [-0.2, 0) is 9.53 Å². The molecular weight excluding hydrogens is 310 g/mol. The summed E-state index contributed by atoms with van der Waals surface area (Å²) in [5, 5.41) is 5.28. The number of urea groups is 1. The van der Waals surface area contributed by atoms with Crippen LogP contribution in [0.15, 0.2) is 18.3 Å². The van der Waals surface area contributed by atoms with Crippen LogP contribution in [0, 0.1) is 0 Å². The molecule has 130 valence electrons. The molecule has 2 fully saturated rings. The number of nitrogens with one attached hydrogen (secondary N) is 2. The Bertz CT molecular complexity index is 566. The Kier molecular flexibility index (Phi) is 5.47. The minimum absolute atomic E-state index is 0.0190. The van der Waals surface area contributed by atoms with E-state index in [4.69, 9.17) is 4.74 Å². The monoisotopic (exact) mass is 333 g/mol. The summed E-state index contributed by atoms with van der Waals surface area (Å²) < 4.78 is 5.31. The van der Waals surface area contributed by atoms with Crippen molar-refractivity contribution in [3.63, 3.8) is 0 Å². The molecule has 1 aromatic heterocycles. The molecule has 3 heterocycles. The third-order valence-electron chi connectivity index (χ3n) is 4.20. The van der Waals surface area contributed by atoms with E-state index in [2.05, 4.69) is 20.5 Å². The fourth-order valence-electron chi connectivity index (χ4n) is 2.85. The van der Waals surface area contributed by atoms with Crippen LogP contribution in [0.5, 0.6) is 0 Å².